The molecule has 1 aromatic carbocycles. The van der Waals surface area contributed by atoms with Crippen molar-refractivity contribution < 1.29 is 33.1 Å². The Morgan fingerprint density at radius 3 is 2.83 bits per heavy atom. The normalized spacial score (nSPS) is 14.1. The summed E-state index contributed by atoms with van der Waals surface area (Å²) in [4.78, 5) is 0.540. The Balaban J connectivity index is 2.07. The van der Waals surface area contributed by atoms with Crippen molar-refractivity contribution in [3.63, 3.8) is 0 Å². The molecule has 0 amide bonds. The molecule has 0 unspecified atom stereocenters. The summed E-state index contributed by atoms with van der Waals surface area (Å²) in [6.07, 6.45) is 3.78. The van der Waals surface area contributed by atoms with E-state index in [0.29, 0.717) is 29.3 Å². The van der Waals surface area contributed by atoms with Crippen molar-refractivity contribution in [2.45, 2.75) is 4.90 Å². The molecule has 0 saturated heterocycles. The van der Waals surface area contributed by atoms with E-state index < -0.39 is 7.82 Å². The van der Waals surface area contributed by atoms with Crippen LogP contribution in [0.1, 0.15) is 5.56 Å². The van der Waals surface area contributed by atoms with Crippen LogP contribution in [0.2, 0.25) is 0 Å². The topological polar surface area (TPSA) is 94.5 Å². The molecule has 1 aliphatic heterocycles. The van der Waals surface area contributed by atoms with Crippen LogP contribution in [-0.2, 0) is 17.9 Å². The highest BCUT2D eigenvalue weighted by molar-refractivity contribution is 7.98. The first-order valence-electron chi connectivity index (χ1n) is 4.73. The van der Waals surface area contributed by atoms with E-state index >= 15 is 0 Å². The van der Waals surface area contributed by atoms with Gasteiger partial charge in [0.05, 0.1) is 0 Å². The predicted molar refractivity (Wildman–Crippen MR) is 62.9 cm³/mol. The summed E-state index contributed by atoms with van der Waals surface area (Å²) < 4.78 is 27.9. The Hall–Kier alpha value is -0.860. The van der Waals surface area contributed by atoms with E-state index in [-0.39, 0.29) is 0 Å². The van der Waals surface area contributed by atoms with Crippen molar-refractivity contribution >= 4 is 25.9 Å². The summed E-state index contributed by atoms with van der Waals surface area (Å²) in [5.41, 5.74) is 0.908. The zero-order valence-electron chi connectivity index (χ0n) is 8.88. The maximum atomic E-state index is 11.2. The van der Waals surface area contributed by atoms with Crippen molar-refractivity contribution in [3.05, 3.63) is 29.8 Å². The average molecular weight is 292 g/mol. The van der Waals surface area contributed by atoms with Crippen LogP contribution in [0.4, 0.5) is 0 Å². The second-order valence-corrected chi connectivity index (χ2v) is 5.64. The number of ether oxygens (including phenoxy) is 1. The number of benzene rings is 1. The SMILES string of the molecule is O=P(OO)(OO)OSc1ccc2c(c1)OCC=C2. The number of hydrogen-bond acceptors (Lipinski definition) is 8. The minimum Gasteiger partial charge on any atom is -0.489 e. The second-order valence-electron chi connectivity index (χ2n) is 3.18. The molecule has 18 heavy (non-hydrogen) atoms. The molecule has 0 radical (unpaired) electrons. The lowest BCUT2D eigenvalue weighted by Crippen LogP contribution is -1.99. The average Bonchev–Trinajstić information content (AvgIpc) is 2.44. The zero-order valence-corrected chi connectivity index (χ0v) is 10.6. The van der Waals surface area contributed by atoms with Crippen LogP contribution in [0.15, 0.2) is 29.2 Å². The first kappa shape index (κ1) is 13.6. The lowest BCUT2D eigenvalue weighted by molar-refractivity contribution is -0.221. The van der Waals surface area contributed by atoms with E-state index in [1.807, 2.05) is 12.2 Å². The number of hydrogen-bond donors (Lipinski definition) is 2. The third-order valence-electron chi connectivity index (χ3n) is 2.04. The third kappa shape index (κ3) is 3.12. The van der Waals surface area contributed by atoms with Crippen molar-refractivity contribution in [1.82, 2.24) is 0 Å². The van der Waals surface area contributed by atoms with Crippen LogP contribution < -0.4 is 4.74 Å². The fourth-order valence-electron chi connectivity index (χ4n) is 1.27. The molecule has 98 valence electrons. The van der Waals surface area contributed by atoms with Gasteiger partial charge in [0.15, 0.2) is 0 Å². The summed E-state index contributed by atoms with van der Waals surface area (Å²) in [5, 5.41) is 16.5. The van der Waals surface area contributed by atoms with Crippen LogP contribution in [0, 0.1) is 0 Å². The molecule has 0 spiro atoms. The third-order valence-corrected chi connectivity index (χ3v) is 3.92. The standard InChI is InChI=1S/C9H9O7PS/c10-14-17(12,15-11)16-18-8-4-3-7-2-1-5-13-9(7)6-8/h1-4,6,10-11H,5H2. The molecule has 2 rings (SSSR count). The largest absolute Gasteiger partial charge is 0.540 e. The first-order chi connectivity index (χ1) is 8.67. The number of phosphoric acid groups is 1. The Bertz CT molecular complexity index is 496. The van der Waals surface area contributed by atoms with Gasteiger partial charge in [0, 0.05) is 22.5 Å². The maximum Gasteiger partial charge on any atom is 0.540 e. The smallest absolute Gasteiger partial charge is 0.489 e. The van der Waals surface area contributed by atoms with Gasteiger partial charge in [-0.05, 0) is 18.2 Å². The van der Waals surface area contributed by atoms with Crippen LogP contribution in [0.5, 0.6) is 5.75 Å². The van der Waals surface area contributed by atoms with E-state index in [9.17, 15) is 4.57 Å². The summed E-state index contributed by atoms with van der Waals surface area (Å²) in [5.74, 6) is 0.649. The summed E-state index contributed by atoms with van der Waals surface area (Å²) in [6, 6.07) is 5.12. The van der Waals surface area contributed by atoms with Gasteiger partial charge in [-0.1, -0.05) is 12.1 Å². The molecular formula is C9H9O7PS. The van der Waals surface area contributed by atoms with Crippen molar-refractivity contribution in [2.75, 3.05) is 6.61 Å². The van der Waals surface area contributed by atoms with Gasteiger partial charge in [-0.2, -0.15) is 0 Å². The van der Waals surface area contributed by atoms with Gasteiger partial charge in [0.25, 0.3) is 0 Å². The highest BCUT2D eigenvalue weighted by Crippen LogP contribution is 2.52. The lowest BCUT2D eigenvalue weighted by atomic mass is 10.1. The molecule has 0 aromatic heterocycles. The van der Waals surface area contributed by atoms with Gasteiger partial charge in [0.1, 0.15) is 12.4 Å². The lowest BCUT2D eigenvalue weighted by Gasteiger charge is -2.13. The monoisotopic (exact) mass is 292 g/mol. The quantitative estimate of drug-likeness (QED) is 0.370. The Kier molecular flexibility index (Phi) is 4.41. The highest BCUT2D eigenvalue weighted by Gasteiger charge is 2.28. The number of fused-ring (bicyclic) bond motifs is 1. The highest BCUT2D eigenvalue weighted by atomic mass is 32.2. The molecule has 9 heteroatoms. The van der Waals surface area contributed by atoms with Gasteiger partial charge in [-0.3, -0.25) is 0 Å². The molecule has 0 aliphatic carbocycles. The summed E-state index contributed by atoms with van der Waals surface area (Å²) in [7, 11) is -4.36. The Morgan fingerprint density at radius 1 is 1.33 bits per heavy atom. The van der Waals surface area contributed by atoms with E-state index in [4.69, 9.17) is 15.3 Å². The molecule has 0 saturated carbocycles. The van der Waals surface area contributed by atoms with Crippen molar-refractivity contribution in [2.24, 2.45) is 0 Å². The van der Waals surface area contributed by atoms with Gasteiger partial charge in [-0.15, -0.1) is 9.35 Å². The van der Waals surface area contributed by atoms with Crippen molar-refractivity contribution in [3.8, 4) is 5.75 Å². The molecule has 7 nitrogen and oxygen atoms in total. The molecule has 1 aromatic rings. The molecular weight excluding hydrogens is 283 g/mol. The van der Waals surface area contributed by atoms with Crippen LogP contribution >= 0.6 is 19.9 Å². The number of rotatable bonds is 5. The first-order valence-corrected chi connectivity index (χ1v) is 6.93. The molecule has 1 heterocycles. The van der Waals surface area contributed by atoms with E-state index in [1.54, 1.807) is 18.2 Å². The van der Waals surface area contributed by atoms with Gasteiger partial charge < -0.3 is 4.74 Å². The van der Waals surface area contributed by atoms with Crippen molar-refractivity contribution in [1.29, 1.82) is 0 Å². The summed E-state index contributed by atoms with van der Waals surface area (Å²) >= 11 is 0.612. The fraction of sp³-hybridized carbons (Fsp3) is 0.111. The van der Waals surface area contributed by atoms with E-state index in [0.717, 1.165) is 5.56 Å². The molecule has 1 aliphatic rings. The Morgan fingerprint density at radius 2 is 2.11 bits per heavy atom. The van der Waals surface area contributed by atoms with E-state index in [1.165, 1.54) is 0 Å². The van der Waals surface area contributed by atoms with Crippen LogP contribution in [-0.4, -0.2) is 17.1 Å². The summed E-state index contributed by atoms with van der Waals surface area (Å²) in [6.45, 7) is 0.472. The van der Waals surface area contributed by atoms with Gasteiger partial charge in [-0.25, -0.2) is 19.0 Å². The van der Waals surface area contributed by atoms with Gasteiger partial charge >= 0.3 is 7.82 Å². The van der Waals surface area contributed by atoms with Crippen LogP contribution in [0.25, 0.3) is 6.08 Å². The second kappa shape index (κ2) is 5.85. The Labute approximate surface area is 107 Å². The predicted octanol–water partition coefficient (Wildman–Crippen LogP) is 3.20. The fourth-order valence-corrected chi connectivity index (χ4v) is 2.51. The minimum absolute atomic E-state index is 0.472. The minimum atomic E-state index is -4.36. The zero-order chi connectivity index (χ0) is 13.0. The molecule has 0 fully saturated rings. The van der Waals surface area contributed by atoms with Crippen LogP contribution in [0.3, 0.4) is 0 Å². The van der Waals surface area contributed by atoms with Gasteiger partial charge in [0.2, 0.25) is 0 Å². The molecule has 0 bridgehead atoms. The molecule has 2 N–H and O–H groups in total. The maximum absolute atomic E-state index is 11.2. The van der Waals surface area contributed by atoms with E-state index in [2.05, 4.69) is 13.3 Å². The molecule has 0 atom stereocenters.